The molecule has 2 aromatic heterocycles. The van der Waals surface area contributed by atoms with Crippen LogP contribution in [0.5, 0.6) is 0 Å². The van der Waals surface area contributed by atoms with Crippen molar-refractivity contribution in [2.24, 2.45) is 7.05 Å². The van der Waals surface area contributed by atoms with Crippen LogP contribution in [-0.4, -0.2) is 25.7 Å². The summed E-state index contributed by atoms with van der Waals surface area (Å²) in [6, 6.07) is 7.75. The van der Waals surface area contributed by atoms with Crippen molar-refractivity contribution >= 4 is 34.7 Å². The van der Waals surface area contributed by atoms with Crippen molar-refractivity contribution < 1.29 is 4.79 Å². The highest BCUT2D eigenvalue weighted by atomic mass is 32.2. The Balaban J connectivity index is 1.55. The number of hydrogen-bond acceptors (Lipinski definition) is 6. The summed E-state index contributed by atoms with van der Waals surface area (Å²) >= 11 is 3.12. The fourth-order valence-corrected chi connectivity index (χ4v) is 4.34. The van der Waals surface area contributed by atoms with Gasteiger partial charge in [-0.1, -0.05) is 43.8 Å². The van der Waals surface area contributed by atoms with E-state index in [1.165, 1.54) is 11.3 Å². The number of benzene rings is 1. The van der Waals surface area contributed by atoms with Crippen LogP contribution in [0.3, 0.4) is 0 Å². The Morgan fingerprint density at radius 2 is 2.07 bits per heavy atom. The quantitative estimate of drug-likeness (QED) is 0.601. The van der Waals surface area contributed by atoms with E-state index in [0.717, 1.165) is 32.9 Å². The van der Waals surface area contributed by atoms with Gasteiger partial charge < -0.3 is 9.88 Å². The molecule has 1 aromatic carbocycles. The first-order valence-corrected chi connectivity index (χ1v) is 10.6. The van der Waals surface area contributed by atoms with Gasteiger partial charge in [-0.25, -0.2) is 4.98 Å². The lowest BCUT2D eigenvalue weighted by atomic mass is 10.2. The Labute approximate surface area is 167 Å². The van der Waals surface area contributed by atoms with Crippen LogP contribution >= 0.6 is 23.1 Å². The first-order chi connectivity index (χ1) is 12.9. The van der Waals surface area contributed by atoms with Crippen molar-refractivity contribution in [1.82, 2.24) is 19.7 Å². The van der Waals surface area contributed by atoms with Gasteiger partial charge in [0.25, 0.3) is 0 Å². The van der Waals surface area contributed by atoms with Gasteiger partial charge in [-0.05, 0) is 18.6 Å². The van der Waals surface area contributed by atoms with E-state index < -0.39 is 0 Å². The number of hydrogen-bond donors (Lipinski definition) is 1. The number of carbonyl (C=O) groups excluding carboxylic acids is 1. The molecule has 0 aliphatic carbocycles. The zero-order valence-corrected chi connectivity index (χ0v) is 17.5. The van der Waals surface area contributed by atoms with E-state index in [4.69, 9.17) is 0 Å². The van der Waals surface area contributed by atoms with E-state index in [0.29, 0.717) is 11.7 Å². The standard InChI is InChI=1S/C19H23N5OS2/c1-12(2)18-22-23-19(24(18)4)27-11-14-10-26-17(20-14)9-16(25)21-15-8-6-5-7-13(15)3/h5-8,10,12H,9,11H2,1-4H3,(H,21,25). The first-order valence-electron chi connectivity index (χ1n) is 8.75. The number of para-hydroxylation sites is 1. The molecule has 142 valence electrons. The van der Waals surface area contributed by atoms with Crippen LogP contribution in [-0.2, 0) is 24.0 Å². The third-order valence-electron chi connectivity index (χ3n) is 4.06. The number of rotatable bonds is 7. The molecule has 0 fully saturated rings. The molecule has 0 unspecified atom stereocenters. The van der Waals surface area contributed by atoms with Crippen LogP contribution in [0, 0.1) is 6.92 Å². The van der Waals surface area contributed by atoms with E-state index in [1.54, 1.807) is 11.8 Å². The highest BCUT2D eigenvalue weighted by Gasteiger charge is 2.14. The Morgan fingerprint density at radius 3 is 2.78 bits per heavy atom. The van der Waals surface area contributed by atoms with Crippen LogP contribution in [0.4, 0.5) is 5.69 Å². The average molecular weight is 402 g/mol. The summed E-state index contributed by atoms with van der Waals surface area (Å²) in [5.74, 6) is 1.98. The molecule has 8 heteroatoms. The number of nitrogens with one attached hydrogen (secondary N) is 1. The summed E-state index contributed by atoms with van der Waals surface area (Å²) in [4.78, 5) is 16.8. The number of anilines is 1. The first kappa shape index (κ1) is 19.6. The van der Waals surface area contributed by atoms with Gasteiger partial charge in [0.2, 0.25) is 5.91 Å². The second-order valence-corrected chi connectivity index (χ2v) is 8.50. The molecular formula is C19H23N5OS2. The van der Waals surface area contributed by atoms with Gasteiger partial charge in [-0.2, -0.15) is 0 Å². The number of nitrogens with zero attached hydrogens (tertiary/aromatic N) is 4. The molecule has 3 rings (SSSR count). The number of aryl methyl sites for hydroxylation is 1. The Morgan fingerprint density at radius 1 is 1.30 bits per heavy atom. The van der Waals surface area contributed by atoms with Crippen LogP contribution in [0.2, 0.25) is 0 Å². The molecule has 1 amide bonds. The molecule has 0 saturated carbocycles. The third kappa shape index (κ3) is 4.95. The van der Waals surface area contributed by atoms with Crippen molar-refractivity contribution in [2.45, 2.75) is 44.0 Å². The summed E-state index contributed by atoms with van der Waals surface area (Å²) in [5, 5.41) is 15.1. The molecule has 2 heterocycles. The molecule has 0 spiro atoms. The fourth-order valence-electron chi connectivity index (χ4n) is 2.63. The lowest BCUT2D eigenvalue weighted by Crippen LogP contribution is -2.15. The highest BCUT2D eigenvalue weighted by molar-refractivity contribution is 7.98. The molecule has 0 saturated heterocycles. The van der Waals surface area contributed by atoms with Gasteiger partial charge in [0, 0.05) is 29.8 Å². The molecule has 0 aliphatic rings. The van der Waals surface area contributed by atoms with E-state index in [9.17, 15) is 4.79 Å². The van der Waals surface area contributed by atoms with Crippen molar-refractivity contribution in [3.05, 3.63) is 51.7 Å². The van der Waals surface area contributed by atoms with Crippen molar-refractivity contribution in [2.75, 3.05) is 5.32 Å². The maximum absolute atomic E-state index is 12.3. The molecule has 6 nitrogen and oxygen atoms in total. The fraction of sp³-hybridized carbons (Fsp3) is 0.368. The predicted molar refractivity (Wildman–Crippen MR) is 110 cm³/mol. The molecule has 0 atom stereocenters. The maximum Gasteiger partial charge on any atom is 0.231 e. The molecule has 1 N–H and O–H groups in total. The molecule has 0 radical (unpaired) electrons. The number of thioether (sulfide) groups is 1. The largest absolute Gasteiger partial charge is 0.325 e. The summed E-state index contributed by atoms with van der Waals surface area (Å²) in [5.41, 5.74) is 2.85. The maximum atomic E-state index is 12.3. The SMILES string of the molecule is Cc1ccccc1NC(=O)Cc1nc(CSc2nnc(C(C)C)n2C)cs1. The minimum absolute atomic E-state index is 0.0484. The van der Waals surface area contributed by atoms with Crippen molar-refractivity contribution in [3.63, 3.8) is 0 Å². The van der Waals surface area contributed by atoms with Gasteiger partial charge in [0.05, 0.1) is 12.1 Å². The predicted octanol–water partition coefficient (Wildman–Crippen LogP) is 4.18. The smallest absolute Gasteiger partial charge is 0.231 e. The summed E-state index contributed by atoms with van der Waals surface area (Å²) in [7, 11) is 1.99. The minimum atomic E-state index is -0.0484. The highest BCUT2D eigenvalue weighted by Crippen LogP contribution is 2.24. The van der Waals surface area contributed by atoms with Gasteiger partial charge >= 0.3 is 0 Å². The summed E-state index contributed by atoms with van der Waals surface area (Å²) < 4.78 is 2.03. The monoisotopic (exact) mass is 401 g/mol. The number of amides is 1. The van der Waals surface area contributed by atoms with Crippen LogP contribution in [0.25, 0.3) is 0 Å². The summed E-state index contributed by atoms with van der Waals surface area (Å²) in [6.07, 6.45) is 0.283. The van der Waals surface area contributed by atoms with E-state index in [-0.39, 0.29) is 12.3 Å². The molecule has 0 aliphatic heterocycles. The van der Waals surface area contributed by atoms with Crippen molar-refractivity contribution in [3.8, 4) is 0 Å². The van der Waals surface area contributed by atoms with Crippen LogP contribution in [0.1, 0.15) is 41.9 Å². The average Bonchev–Trinajstić information content (AvgIpc) is 3.21. The number of carbonyl (C=O) groups is 1. The second kappa shape index (κ2) is 8.67. The topological polar surface area (TPSA) is 72.7 Å². The minimum Gasteiger partial charge on any atom is -0.325 e. The second-order valence-electron chi connectivity index (χ2n) is 6.62. The van der Waals surface area contributed by atoms with E-state index >= 15 is 0 Å². The van der Waals surface area contributed by atoms with Gasteiger partial charge in [-0.15, -0.1) is 21.5 Å². The molecular weight excluding hydrogens is 378 g/mol. The molecule has 27 heavy (non-hydrogen) atoms. The van der Waals surface area contributed by atoms with Crippen molar-refractivity contribution in [1.29, 1.82) is 0 Å². The lowest BCUT2D eigenvalue weighted by Gasteiger charge is -2.06. The van der Waals surface area contributed by atoms with Gasteiger partial charge in [-0.3, -0.25) is 4.79 Å². The zero-order chi connectivity index (χ0) is 19.4. The van der Waals surface area contributed by atoms with Gasteiger partial charge in [0.15, 0.2) is 5.16 Å². The zero-order valence-electron chi connectivity index (χ0n) is 15.9. The van der Waals surface area contributed by atoms with E-state index in [1.807, 2.05) is 48.2 Å². The number of aromatic nitrogens is 4. The van der Waals surface area contributed by atoms with E-state index in [2.05, 4.69) is 34.3 Å². The van der Waals surface area contributed by atoms with Crippen LogP contribution in [0.15, 0.2) is 34.8 Å². The lowest BCUT2D eigenvalue weighted by molar-refractivity contribution is -0.115. The van der Waals surface area contributed by atoms with Gasteiger partial charge in [0.1, 0.15) is 10.8 Å². The Hall–Kier alpha value is -2.19. The summed E-state index contributed by atoms with van der Waals surface area (Å²) in [6.45, 7) is 6.19. The van der Waals surface area contributed by atoms with Crippen LogP contribution < -0.4 is 5.32 Å². The molecule has 0 bridgehead atoms. The Kier molecular flexibility index (Phi) is 6.28. The third-order valence-corrected chi connectivity index (χ3v) is 6.02. The normalized spacial score (nSPS) is 11.1. The number of thiazole rings is 1. The Bertz CT molecular complexity index is 932. The molecule has 3 aromatic rings.